The summed E-state index contributed by atoms with van der Waals surface area (Å²) in [6.07, 6.45) is -7.25. The van der Waals surface area contributed by atoms with Crippen LogP contribution in [0.4, 0.5) is 26.3 Å². The summed E-state index contributed by atoms with van der Waals surface area (Å²) in [4.78, 5) is 24.8. The molecule has 0 saturated carbocycles. The van der Waals surface area contributed by atoms with Crippen LogP contribution in [0.3, 0.4) is 0 Å². The van der Waals surface area contributed by atoms with E-state index in [9.17, 15) is 35.9 Å². The smallest absolute Gasteiger partial charge is 0.347 e. The lowest BCUT2D eigenvalue weighted by molar-refractivity contribution is -0.140. The molecule has 1 N–H and O–H groups in total. The van der Waals surface area contributed by atoms with Crippen LogP contribution in [0.1, 0.15) is 52.7 Å². The van der Waals surface area contributed by atoms with E-state index in [1.165, 1.54) is 24.3 Å². The minimum absolute atomic E-state index is 0.0592. The molecule has 0 aromatic heterocycles. The van der Waals surface area contributed by atoms with Crippen LogP contribution in [0, 0.1) is 12.8 Å². The van der Waals surface area contributed by atoms with Gasteiger partial charge in [-0.1, -0.05) is 72.1 Å². The van der Waals surface area contributed by atoms with Gasteiger partial charge in [-0.2, -0.15) is 26.3 Å². The molecule has 3 nitrogen and oxygen atoms in total. The number of hydrogen-bond donors (Lipinski definition) is 1. The largest absolute Gasteiger partial charge is 0.405 e. The van der Waals surface area contributed by atoms with Crippen LogP contribution in [0.15, 0.2) is 36.4 Å². The van der Waals surface area contributed by atoms with Crippen LogP contribution in [0.5, 0.6) is 0 Å². The minimum Gasteiger partial charge on any atom is -0.347 e. The van der Waals surface area contributed by atoms with Crippen LogP contribution in [0.25, 0.3) is 6.08 Å². The molecule has 2 aromatic rings. The molecule has 0 saturated heterocycles. The van der Waals surface area contributed by atoms with Crippen LogP contribution >= 0.6 is 34.8 Å². The number of rotatable bonds is 9. The third-order valence-electron chi connectivity index (χ3n) is 5.51. The fourth-order valence-electron chi connectivity index (χ4n) is 3.56. The number of amides is 1. The Balaban J connectivity index is 2.22. The number of allylic oxidation sites excluding steroid dienone is 1. The van der Waals surface area contributed by atoms with Gasteiger partial charge in [-0.25, -0.2) is 0 Å². The van der Waals surface area contributed by atoms with E-state index in [0.29, 0.717) is 11.1 Å². The maximum Gasteiger partial charge on any atom is 0.405 e. The summed E-state index contributed by atoms with van der Waals surface area (Å²) in [6, 6.07) is 6.48. The molecule has 2 atom stereocenters. The Bertz CT molecular complexity index is 1150. The lowest BCUT2D eigenvalue weighted by Gasteiger charge is -2.18. The average molecular weight is 589 g/mol. The number of hydrogen-bond acceptors (Lipinski definition) is 2. The van der Waals surface area contributed by atoms with Gasteiger partial charge in [0.2, 0.25) is 5.91 Å². The molecule has 12 heteroatoms. The number of carbonyl (C=O) groups excluding carboxylic acids is 2. The van der Waals surface area contributed by atoms with Crippen LogP contribution in [-0.4, -0.2) is 30.6 Å². The Morgan fingerprint density at radius 1 is 1.00 bits per heavy atom. The van der Waals surface area contributed by atoms with Crippen molar-refractivity contribution in [2.45, 2.75) is 45.0 Å². The van der Waals surface area contributed by atoms with Crippen LogP contribution in [0.2, 0.25) is 15.1 Å². The Kier molecular flexibility index (Phi) is 10.5. The zero-order valence-corrected chi connectivity index (χ0v) is 21.8. The molecule has 0 spiro atoms. The van der Waals surface area contributed by atoms with E-state index in [2.05, 4.69) is 0 Å². The van der Waals surface area contributed by atoms with Gasteiger partial charge >= 0.3 is 12.4 Å². The second kappa shape index (κ2) is 12.5. The van der Waals surface area contributed by atoms with Gasteiger partial charge in [0.05, 0.1) is 21.0 Å². The highest BCUT2D eigenvalue weighted by Crippen LogP contribution is 2.41. The SMILES string of the molecule is CCC(CC(=O)c1ccc(/C=C/C(c2cc(Cl)c(Cl)c(Cl)c2)C(F)(F)F)cc1C)C(=O)NCC(F)(F)F. The molecule has 2 rings (SSSR count). The minimum atomic E-state index is -4.66. The molecule has 1 amide bonds. The van der Waals surface area contributed by atoms with Gasteiger partial charge in [0.25, 0.3) is 0 Å². The fraction of sp³-hybridized carbons (Fsp3) is 0.360. The highest BCUT2D eigenvalue weighted by molar-refractivity contribution is 6.48. The lowest BCUT2D eigenvalue weighted by atomic mass is 9.92. The Hall–Kier alpha value is -2.23. The van der Waals surface area contributed by atoms with E-state index in [0.717, 1.165) is 18.2 Å². The summed E-state index contributed by atoms with van der Waals surface area (Å²) in [6.45, 7) is 1.64. The maximum atomic E-state index is 13.8. The zero-order valence-electron chi connectivity index (χ0n) is 19.5. The number of halogens is 9. The lowest BCUT2D eigenvalue weighted by Crippen LogP contribution is -2.38. The first-order valence-corrected chi connectivity index (χ1v) is 12.0. The number of alkyl halides is 6. The van der Waals surface area contributed by atoms with Gasteiger partial charge in [-0.3, -0.25) is 9.59 Å². The Morgan fingerprint density at radius 2 is 1.59 bits per heavy atom. The van der Waals surface area contributed by atoms with E-state index < -0.39 is 42.4 Å². The first kappa shape index (κ1) is 31.0. The van der Waals surface area contributed by atoms with Crippen LogP contribution in [-0.2, 0) is 4.79 Å². The van der Waals surface area contributed by atoms with Crippen molar-refractivity contribution in [3.8, 4) is 0 Å². The van der Waals surface area contributed by atoms with Crippen molar-refractivity contribution in [2.24, 2.45) is 5.92 Å². The maximum absolute atomic E-state index is 13.8. The topological polar surface area (TPSA) is 46.2 Å². The Labute approximate surface area is 224 Å². The van der Waals surface area contributed by atoms with Crippen molar-refractivity contribution in [2.75, 3.05) is 6.54 Å². The molecular weight excluding hydrogens is 567 g/mol. The molecule has 202 valence electrons. The zero-order chi connectivity index (χ0) is 28.1. The highest BCUT2D eigenvalue weighted by atomic mass is 35.5. The predicted molar refractivity (Wildman–Crippen MR) is 132 cm³/mol. The highest BCUT2D eigenvalue weighted by Gasteiger charge is 2.39. The third-order valence-corrected chi connectivity index (χ3v) is 6.71. The molecule has 0 aliphatic heterocycles. The number of ketones is 1. The standard InChI is InChI=1S/C25H22Cl3F6NO2/c1-3-15(23(37)35-12-24(29,30)31)11-21(36)17-6-4-14(8-13(17)2)5-7-18(25(32,33)34)16-9-19(26)22(28)20(27)10-16/h4-10,15,18H,3,11-12H2,1-2H3,(H,35,37)/b7-5+. The second-order valence-corrected chi connectivity index (χ2v) is 9.51. The molecule has 37 heavy (non-hydrogen) atoms. The van der Waals surface area contributed by atoms with Gasteiger partial charge in [0.15, 0.2) is 5.78 Å². The summed E-state index contributed by atoms with van der Waals surface area (Å²) in [7, 11) is 0. The van der Waals surface area contributed by atoms with Crippen molar-refractivity contribution in [3.63, 3.8) is 0 Å². The van der Waals surface area contributed by atoms with E-state index >= 15 is 0 Å². The molecule has 0 aliphatic carbocycles. The Morgan fingerprint density at radius 3 is 2.08 bits per heavy atom. The van der Waals surface area contributed by atoms with E-state index in [-0.39, 0.29) is 39.0 Å². The van der Waals surface area contributed by atoms with Gasteiger partial charge in [-0.05, 0) is 42.2 Å². The average Bonchev–Trinajstić information content (AvgIpc) is 2.78. The molecule has 2 aromatic carbocycles. The van der Waals surface area contributed by atoms with Gasteiger partial charge < -0.3 is 5.32 Å². The van der Waals surface area contributed by atoms with Crippen molar-refractivity contribution in [3.05, 3.63) is 73.7 Å². The predicted octanol–water partition coefficient (Wildman–Crippen LogP) is 8.59. The normalized spacial score (nSPS) is 14.0. The van der Waals surface area contributed by atoms with E-state index in [4.69, 9.17) is 34.8 Å². The molecular formula is C25H22Cl3F6NO2. The second-order valence-electron chi connectivity index (χ2n) is 8.32. The van der Waals surface area contributed by atoms with Crippen LogP contribution < -0.4 is 5.32 Å². The number of aryl methyl sites for hydroxylation is 1. The first-order chi connectivity index (χ1) is 17.0. The molecule has 0 fully saturated rings. The van der Waals surface area contributed by atoms with E-state index in [1.807, 2.05) is 0 Å². The van der Waals surface area contributed by atoms with Gasteiger partial charge in [0, 0.05) is 17.9 Å². The third kappa shape index (κ3) is 8.93. The van der Waals surface area contributed by atoms with Crippen molar-refractivity contribution < 1.29 is 35.9 Å². The molecule has 0 radical (unpaired) electrons. The first-order valence-electron chi connectivity index (χ1n) is 10.9. The van der Waals surface area contributed by atoms with Gasteiger partial charge in [0.1, 0.15) is 6.54 Å². The summed E-state index contributed by atoms with van der Waals surface area (Å²) in [5.41, 5.74) is 0.798. The summed E-state index contributed by atoms with van der Waals surface area (Å²) in [5.74, 6) is -4.35. The van der Waals surface area contributed by atoms with E-state index in [1.54, 1.807) is 19.2 Å². The number of Topliss-reactive ketones (excluding diaryl/α,β-unsaturated/α-hetero) is 1. The number of benzene rings is 2. The molecule has 0 aliphatic rings. The van der Waals surface area contributed by atoms with Gasteiger partial charge in [-0.15, -0.1) is 0 Å². The number of carbonyl (C=O) groups is 2. The van der Waals surface area contributed by atoms with Crippen molar-refractivity contribution in [1.29, 1.82) is 0 Å². The summed E-state index contributed by atoms with van der Waals surface area (Å²) < 4.78 is 78.3. The summed E-state index contributed by atoms with van der Waals surface area (Å²) in [5, 5.41) is 1.47. The van der Waals surface area contributed by atoms with Crippen molar-refractivity contribution in [1.82, 2.24) is 5.32 Å². The van der Waals surface area contributed by atoms with Crippen molar-refractivity contribution >= 4 is 52.6 Å². The number of nitrogens with one attached hydrogen (secondary N) is 1. The molecule has 0 bridgehead atoms. The summed E-state index contributed by atoms with van der Waals surface area (Å²) >= 11 is 17.6. The quantitative estimate of drug-likeness (QED) is 0.181. The molecule has 0 heterocycles. The fourth-order valence-corrected chi connectivity index (χ4v) is 4.18. The monoisotopic (exact) mass is 587 g/mol. The molecule has 2 unspecified atom stereocenters.